The average molecular weight is 837 g/mol. The molecular formula is C47H56N4O8S. The first kappa shape index (κ1) is 44.1. The lowest BCUT2D eigenvalue weighted by molar-refractivity contribution is -0.162. The highest BCUT2D eigenvalue weighted by molar-refractivity contribution is 7.22. The van der Waals surface area contributed by atoms with Gasteiger partial charge in [0.25, 0.3) is 0 Å². The number of aromatic nitrogens is 1. The zero-order chi connectivity index (χ0) is 43.2. The van der Waals surface area contributed by atoms with Crippen molar-refractivity contribution in [2.75, 3.05) is 32.2 Å². The smallest absolute Gasteiger partial charge is 0.413 e. The maximum absolute atomic E-state index is 15.8. The van der Waals surface area contributed by atoms with Crippen molar-refractivity contribution in [1.29, 1.82) is 0 Å². The molecule has 1 aliphatic carbocycles. The minimum atomic E-state index is -1.07. The van der Waals surface area contributed by atoms with Crippen LogP contribution in [-0.2, 0) is 36.7 Å². The van der Waals surface area contributed by atoms with Crippen LogP contribution in [0.2, 0.25) is 0 Å². The molecule has 0 spiro atoms. The summed E-state index contributed by atoms with van der Waals surface area (Å²) in [7, 11) is 1.34. The standard InChI is InChI=1S/C47H56N4O8S/c1-10-56-39(57-11-2)29-50(28-31-17-16-22-38-40(31)48-43(60-38)49-44(53)59-47(6,7)8)42(52)37(27-30-23-25-32(26-24-30)58-46(3,4)5)51(45(54)55-9)41-35-20-14-12-18-33(35)34-19-13-15-21-36(34)41/h12-26,37,39,41H,10-11,27-29H2,1-9H3,(H,48,49,53). The third-order valence-corrected chi connectivity index (χ3v) is 10.7. The van der Waals surface area contributed by atoms with Crippen LogP contribution in [0, 0.1) is 0 Å². The molecule has 1 aromatic heterocycles. The van der Waals surface area contributed by atoms with Gasteiger partial charge in [-0.2, -0.15) is 0 Å². The Bertz CT molecular complexity index is 2230. The number of para-hydroxylation sites is 1. The summed E-state index contributed by atoms with van der Waals surface area (Å²) in [6, 6.07) is 27.5. The molecule has 3 amide bonds. The van der Waals surface area contributed by atoms with Gasteiger partial charge in [-0.15, -0.1) is 0 Å². The summed E-state index contributed by atoms with van der Waals surface area (Å²) in [6.07, 6.45) is -1.88. The van der Waals surface area contributed by atoms with E-state index in [0.29, 0.717) is 29.6 Å². The number of thiazole rings is 1. The molecule has 1 aliphatic rings. The van der Waals surface area contributed by atoms with E-state index >= 15 is 4.79 Å². The minimum absolute atomic E-state index is 0.0474. The van der Waals surface area contributed by atoms with Gasteiger partial charge in [0, 0.05) is 26.2 Å². The van der Waals surface area contributed by atoms with E-state index in [0.717, 1.165) is 38.1 Å². The molecule has 0 saturated heterocycles. The van der Waals surface area contributed by atoms with E-state index in [2.05, 4.69) is 5.32 Å². The lowest BCUT2D eigenvalue weighted by Gasteiger charge is -2.39. The van der Waals surface area contributed by atoms with Gasteiger partial charge in [-0.3, -0.25) is 15.0 Å². The molecule has 0 bridgehead atoms. The highest BCUT2D eigenvalue weighted by atomic mass is 32.1. The van der Waals surface area contributed by atoms with E-state index < -0.39 is 41.8 Å². The Morgan fingerprint density at radius 1 is 0.800 bits per heavy atom. The van der Waals surface area contributed by atoms with Crippen LogP contribution in [0.15, 0.2) is 91.0 Å². The van der Waals surface area contributed by atoms with E-state index in [9.17, 15) is 9.59 Å². The number of rotatable bonds is 15. The molecule has 6 rings (SSSR count). The number of benzene rings is 4. The quantitative estimate of drug-likeness (QED) is 0.103. The van der Waals surface area contributed by atoms with Crippen LogP contribution in [0.1, 0.15) is 83.7 Å². The van der Waals surface area contributed by atoms with Gasteiger partial charge in [0.1, 0.15) is 23.0 Å². The molecule has 60 heavy (non-hydrogen) atoms. The number of carbonyl (C=O) groups excluding carboxylic acids is 3. The fourth-order valence-corrected chi connectivity index (χ4v) is 8.35. The van der Waals surface area contributed by atoms with E-state index in [1.165, 1.54) is 18.4 Å². The molecule has 12 nitrogen and oxygen atoms in total. The van der Waals surface area contributed by atoms with Crippen LogP contribution in [0.25, 0.3) is 21.3 Å². The summed E-state index contributed by atoms with van der Waals surface area (Å²) in [4.78, 5) is 51.0. The monoisotopic (exact) mass is 836 g/mol. The first-order valence-corrected chi connectivity index (χ1v) is 21.1. The Morgan fingerprint density at radius 3 is 1.98 bits per heavy atom. The van der Waals surface area contributed by atoms with E-state index in [1.54, 1.807) is 30.6 Å². The van der Waals surface area contributed by atoms with E-state index in [1.807, 2.05) is 126 Å². The number of fused-ring (bicyclic) bond motifs is 4. The molecule has 318 valence electrons. The molecule has 0 fully saturated rings. The van der Waals surface area contributed by atoms with Crippen LogP contribution in [0.3, 0.4) is 0 Å². The average Bonchev–Trinajstić information content (AvgIpc) is 3.75. The second-order valence-electron chi connectivity index (χ2n) is 16.5. The summed E-state index contributed by atoms with van der Waals surface area (Å²) < 4.78 is 30.1. The Morgan fingerprint density at radius 2 is 1.42 bits per heavy atom. The van der Waals surface area contributed by atoms with Crippen molar-refractivity contribution in [2.45, 2.75) is 97.9 Å². The Labute approximate surface area is 356 Å². The van der Waals surface area contributed by atoms with Crippen LogP contribution in [-0.4, -0.2) is 83.3 Å². The molecule has 0 saturated carbocycles. The lowest BCUT2D eigenvalue weighted by atomic mass is 9.97. The third-order valence-electron chi connectivity index (χ3n) is 9.72. The maximum Gasteiger partial charge on any atom is 0.413 e. The first-order valence-electron chi connectivity index (χ1n) is 20.3. The summed E-state index contributed by atoms with van der Waals surface area (Å²) in [6.45, 7) is 15.9. The fraction of sp³-hybridized carbons (Fsp3) is 0.404. The van der Waals surface area contributed by atoms with Gasteiger partial charge in [-0.25, -0.2) is 14.6 Å². The zero-order valence-corrected chi connectivity index (χ0v) is 36.8. The second kappa shape index (κ2) is 18.8. The molecule has 1 heterocycles. The number of ether oxygens (including phenoxy) is 5. The van der Waals surface area contributed by atoms with Crippen molar-refractivity contribution < 1.29 is 38.1 Å². The lowest BCUT2D eigenvalue weighted by Crippen LogP contribution is -2.54. The Kier molecular flexibility index (Phi) is 13.8. The van der Waals surface area contributed by atoms with E-state index in [4.69, 9.17) is 28.7 Å². The van der Waals surface area contributed by atoms with Gasteiger partial charge in [-0.1, -0.05) is 84.1 Å². The van der Waals surface area contributed by atoms with Crippen LogP contribution in [0.4, 0.5) is 14.7 Å². The highest BCUT2D eigenvalue weighted by Gasteiger charge is 2.44. The SMILES string of the molecule is CCOC(CN(Cc1cccc2sc(NC(=O)OC(C)(C)C)nc12)C(=O)C(Cc1ccc(OC(C)(C)C)cc1)N(C(=O)OC)C1c2ccccc2-c2ccccc21)OCC. The van der Waals surface area contributed by atoms with Gasteiger partial charge in [0.05, 0.1) is 29.9 Å². The number of methoxy groups -OCH3 is 1. The van der Waals surface area contributed by atoms with Crippen molar-refractivity contribution in [1.82, 2.24) is 14.8 Å². The predicted molar refractivity (Wildman–Crippen MR) is 234 cm³/mol. The summed E-state index contributed by atoms with van der Waals surface area (Å²) in [5.74, 6) is 0.341. The molecule has 1 unspecified atom stereocenters. The number of anilines is 1. The van der Waals surface area contributed by atoms with Crippen LogP contribution in [0.5, 0.6) is 5.75 Å². The number of nitrogens with zero attached hydrogens (tertiary/aromatic N) is 3. The highest BCUT2D eigenvalue weighted by Crippen LogP contribution is 2.47. The van der Waals surface area contributed by atoms with E-state index in [-0.39, 0.29) is 25.4 Å². The zero-order valence-electron chi connectivity index (χ0n) is 35.9. The van der Waals surface area contributed by atoms with Crippen molar-refractivity contribution >= 4 is 44.8 Å². The molecule has 0 aliphatic heterocycles. The largest absolute Gasteiger partial charge is 0.488 e. The number of amides is 3. The first-order chi connectivity index (χ1) is 28.6. The van der Waals surface area contributed by atoms with Crippen molar-refractivity contribution in [3.05, 3.63) is 113 Å². The molecular weight excluding hydrogens is 781 g/mol. The van der Waals surface area contributed by atoms with Gasteiger partial charge < -0.3 is 28.6 Å². The van der Waals surface area contributed by atoms with Crippen molar-refractivity contribution in [2.24, 2.45) is 0 Å². The fourth-order valence-electron chi connectivity index (χ4n) is 7.45. The molecule has 13 heteroatoms. The number of hydrogen-bond acceptors (Lipinski definition) is 10. The van der Waals surface area contributed by atoms with Gasteiger partial charge in [0.2, 0.25) is 5.91 Å². The van der Waals surface area contributed by atoms with Crippen molar-refractivity contribution in [3.8, 4) is 16.9 Å². The van der Waals surface area contributed by atoms with Crippen LogP contribution >= 0.6 is 11.3 Å². The molecule has 1 N–H and O–H groups in total. The van der Waals surface area contributed by atoms with Gasteiger partial charge >= 0.3 is 12.2 Å². The number of hydrogen-bond donors (Lipinski definition) is 1. The molecule has 0 radical (unpaired) electrons. The number of carbonyl (C=O) groups is 3. The Balaban J connectivity index is 1.47. The maximum atomic E-state index is 15.8. The van der Waals surface area contributed by atoms with Crippen LogP contribution < -0.4 is 10.1 Å². The van der Waals surface area contributed by atoms with Crippen molar-refractivity contribution in [3.63, 3.8) is 0 Å². The van der Waals surface area contributed by atoms with Gasteiger partial charge in [-0.05, 0) is 107 Å². The second-order valence-corrected chi connectivity index (χ2v) is 17.5. The molecule has 1 atom stereocenters. The normalized spacial score (nSPS) is 13.1. The Hall–Kier alpha value is -5.50. The van der Waals surface area contributed by atoms with Gasteiger partial charge in [0.15, 0.2) is 11.4 Å². The number of nitrogens with one attached hydrogen (secondary N) is 1. The summed E-state index contributed by atoms with van der Waals surface area (Å²) in [5.41, 5.74) is 4.81. The summed E-state index contributed by atoms with van der Waals surface area (Å²) >= 11 is 1.30. The third kappa shape index (κ3) is 10.6. The topological polar surface area (TPSA) is 129 Å². The molecule has 4 aromatic carbocycles. The molecule has 5 aromatic rings. The minimum Gasteiger partial charge on any atom is -0.488 e. The summed E-state index contributed by atoms with van der Waals surface area (Å²) in [5, 5.41) is 3.12. The predicted octanol–water partition coefficient (Wildman–Crippen LogP) is 10.00.